The van der Waals surface area contributed by atoms with Crippen molar-refractivity contribution in [2.75, 3.05) is 0 Å². The van der Waals surface area contributed by atoms with Crippen LogP contribution >= 0.6 is 0 Å². The number of para-hydroxylation sites is 1. The van der Waals surface area contributed by atoms with E-state index >= 15 is 0 Å². The van der Waals surface area contributed by atoms with Crippen molar-refractivity contribution < 1.29 is 0 Å². The fourth-order valence-corrected chi connectivity index (χ4v) is 1.26. The van der Waals surface area contributed by atoms with Gasteiger partial charge in [-0.25, -0.2) is 4.98 Å². The van der Waals surface area contributed by atoms with E-state index in [1.54, 1.807) is 0 Å². The lowest BCUT2D eigenvalue weighted by Gasteiger charge is -1.95. The van der Waals surface area contributed by atoms with Crippen LogP contribution < -0.4 is 0 Å². The predicted octanol–water partition coefficient (Wildman–Crippen LogP) is 2.61. The van der Waals surface area contributed by atoms with Crippen molar-refractivity contribution in [2.24, 2.45) is 0 Å². The molecular weight excluding hydrogens is 158 g/mol. The molecule has 1 heteroatoms. The lowest BCUT2D eigenvalue weighted by atomic mass is 10.2. The number of hydrogen-bond donors (Lipinski definition) is 0. The van der Waals surface area contributed by atoms with Gasteiger partial charge in [0.2, 0.25) is 0 Å². The average molecular weight is 167 g/mol. The minimum atomic E-state index is 0.834. The van der Waals surface area contributed by atoms with Gasteiger partial charge in [-0.2, -0.15) is 0 Å². The number of rotatable bonds is 0. The van der Waals surface area contributed by atoms with Crippen molar-refractivity contribution in [3.63, 3.8) is 0 Å². The van der Waals surface area contributed by atoms with Crippen LogP contribution in [0.15, 0.2) is 36.4 Å². The maximum absolute atomic E-state index is 4.39. The zero-order valence-corrected chi connectivity index (χ0v) is 7.41. The number of pyridine rings is 1. The highest BCUT2D eigenvalue weighted by Crippen LogP contribution is 2.10. The zero-order valence-electron chi connectivity index (χ0n) is 7.41. The summed E-state index contributed by atoms with van der Waals surface area (Å²) < 4.78 is 0. The summed E-state index contributed by atoms with van der Waals surface area (Å²) in [5, 5.41) is 1.16. The highest BCUT2D eigenvalue weighted by atomic mass is 14.7. The first-order chi connectivity index (χ1) is 6.40. The first kappa shape index (κ1) is 7.82. The second-order valence-corrected chi connectivity index (χ2v) is 2.76. The summed E-state index contributed by atoms with van der Waals surface area (Å²) in [6.07, 6.45) is 0. The SMILES string of the molecule is CC#Cc1ccc2ccccc2n1. The van der Waals surface area contributed by atoms with Crippen LogP contribution in [0.3, 0.4) is 0 Å². The standard InChI is InChI=1S/C12H9N/c1-2-5-11-9-8-10-6-3-4-7-12(10)13-11/h3-4,6-9H,1H3. The van der Waals surface area contributed by atoms with E-state index < -0.39 is 0 Å². The molecule has 0 bridgehead atoms. The highest BCUT2D eigenvalue weighted by Gasteiger charge is 1.93. The number of hydrogen-bond acceptors (Lipinski definition) is 1. The molecule has 0 saturated carbocycles. The quantitative estimate of drug-likeness (QED) is 0.549. The molecule has 0 spiro atoms. The van der Waals surface area contributed by atoms with Gasteiger partial charge in [0, 0.05) is 5.39 Å². The molecule has 62 valence electrons. The maximum atomic E-state index is 4.39. The van der Waals surface area contributed by atoms with Crippen LogP contribution in [0.4, 0.5) is 0 Å². The van der Waals surface area contributed by atoms with Gasteiger partial charge in [0.05, 0.1) is 5.52 Å². The van der Waals surface area contributed by atoms with Gasteiger partial charge in [0.25, 0.3) is 0 Å². The Morgan fingerprint density at radius 3 is 2.77 bits per heavy atom. The van der Waals surface area contributed by atoms with Crippen LogP contribution in [0.2, 0.25) is 0 Å². The van der Waals surface area contributed by atoms with Crippen molar-refractivity contribution >= 4 is 10.9 Å². The molecule has 1 nitrogen and oxygen atoms in total. The van der Waals surface area contributed by atoms with Gasteiger partial charge in [0.1, 0.15) is 5.69 Å². The largest absolute Gasteiger partial charge is 0.239 e. The Balaban J connectivity index is 2.66. The first-order valence-electron chi connectivity index (χ1n) is 4.19. The van der Waals surface area contributed by atoms with Gasteiger partial charge in [-0.3, -0.25) is 0 Å². The highest BCUT2D eigenvalue weighted by molar-refractivity contribution is 5.78. The summed E-state index contributed by atoms with van der Waals surface area (Å²) in [6.45, 7) is 1.82. The molecule has 0 aliphatic heterocycles. The van der Waals surface area contributed by atoms with Crippen molar-refractivity contribution in [2.45, 2.75) is 6.92 Å². The molecule has 1 aromatic heterocycles. The summed E-state index contributed by atoms with van der Waals surface area (Å²) in [5.74, 6) is 5.77. The molecule has 0 radical (unpaired) electrons. The Hall–Kier alpha value is -1.81. The second-order valence-electron chi connectivity index (χ2n) is 2.76. The minimum absolute atomic E-state index is 0.834. The number of aromatic nitrogens is 1. The van der Waals surface area contributed by atoms with E-state index in [-0.39, 0.29) is 0 Å². The minimum Gasteiger partial charge on any atom is -0.239 e. The van der Waals surface area contributed by atoms with Crippen molar-refractivity contribution in [1.29, 1.82) is 0 Å². The summed E-state index contributed by atoms with van der Waals surface area (Å²) in [6, 6.07) is 12.0. The third kappa shape index (κ3) is 1.52. The zero-order chi connectivity index (χ0) is 9.10. The Labute approximate surface area is 77.4 Å². The molecule has 0 aliphatic carbocycles. The van der Waals surface area contributed by atoms with Crippen molar-refractivity contribution in [3.8, 4) is 11.8 Å². The maximum Gasteiger partial charge on any atom is 0.113 e. The van der Waals surface area contributed by atoms with Gasteiger partial charge in [-0.05, 0) is 25.0 Å². The summed E-state index contributed by atoms with van der Waals surface area (Å²) in [7, 11) is 0. The summed E-state index contributed by atoms with van der Waals surface area (Å²) in [4.78, 5) is 4.39. The summed E-state index contributed by atoms with van der Waals surface area (Å²) in [5.41, 5.74) is 1.84. The Morgan fingerprint density at radius 2 is 1.92 bits per heavy atom. The van der Waals surface area contributed by atoms with Crippen LogP contribution in [-0.2, 0) is 0 Å². The van der Waals surface area contributed by atoms with E-state index in [9.17, 15) is 0 Å². The van der Waals surface area contributed by atoms with Crippen molar-refractivity contribution in [3.05, 3.63) is 42.1 Å². The monoisotopic (exact) mass is 167 g/mol. The third-order valence-corrected chi connectivity index (χ3v) is 1.85. The van der Waals surface area contributed by atoms with Crippen LogP contribution in [0.25, 0.3) is 10.9 Å². The fourth-order valence-electron chi connectivity index (χ4n) is 1.26. The van der Waals surface area contributed by atoms with Gasteiger partial charge in [-0.1, -0.05) is 30.2 Å². The lowest BCUT2D eigenvalue weighted by molar-refractivity contribution is 1.36. The van der Waals surface area contributed by atoms with Gasteiger partial charge < -0.3 is 0 Å². The van der Waals surface area contributed by atoms with Gasteiger partial charge in [0.15, 0.2) is 0 Å². The lowest BCUT2D eigenvalue weighted by Crippen LogP contribution is -1.82. The first-order valence-corrected chi connectivity index (χ1v) is 4.19. The second kappa shape index (κ2) is 3.28. The molecule has 1 heterocycles. The Morgan fingerprint density at radius 1 is 1.08 bits per heavy atom. The van der Waals surface area contributed by atoms with Crippen LogP contribution in [0, 0.1) is 11.8 Å². The third-order valence-electron chi connectivity index (χ3n) is 1.85. The van der Waals surface area contributed by atoms with Gasteiger partial charge >= 0.3 is 0 Å². The molecule has 2 aromatic rings. The van der Waals surface area contributed by atoms with E-state index in [1.807, 2.05) is 43.3 Å². The van der Waals surface area contributed by atoms with E-state index in [0.717, 1.165) is 16.6 Å². The molecule has 2 rings (SSSR count). The van der Waals surface area contributed by atoms with Crippen LogP contribution in [-0.4, -0.2) is 4.98 Å². The number of nitrogens with zero attached hydrogens (tertiary/aromatic N) is 1. The molecule has 0 atom stereocenters. The number of fused-ring (bicyclic) bond motifs is 1. The molecule has 0 unspecified atom stereocenters. The molecule has 0 aliphatic rings. The van der Waals surface area contributed by atoms with Crippen LogP contribution in [0.1, 0.15) is 12.6 Å². The normalized spacial score (nSPS) is 9.31. The van der Waals surface area contributed by atoms with Crippen LogP contribution in [0.5, 0.6) is 0 Å². The Bertz CT molecular complexity index is 489. The smallest absolute Gasteiger partial charge is 0.113 e. The van der Waals surface area contributed by atoms with E-state index in [1.165, 1.54) is 0 Å². The van der Waals surface area contributed by atoms with E-state index in [0.29, 0.717) is 0 Å². The fraction of sp³-hybridized carbons (Fsp3) is 0.0833. The molecule has 0 amide bonds. The molecule has 1 aromatic carbocycles. The molecule has 0 fully saturated rings. The van der Waals surface area contributed by atoms with Gasteiger partial charge in [-0.15, -0.1) is 0 Å². The van der Waals surface area contributed by atoms with E-state index in [4.69, 9.17) is 0 Å². The van der Waals surface area contributed by atoms with E-state index in [2.05, 4.69) is 16.8 Å². The molecular formula is C12H9N. The predicted molar refractivity (Wildman–Crippen MR) is 54.3 cm³/mol. The topological polar surface area (TPSA) is 12.9 Å². The average Bonchev–Trinajstić information content (AvgIpc) is 2.18. The Kier molecular flexibility index (Phi) is 1.97. The number of benzene rings is 1. The molecule has 0 saturated heterocycles. The van der Waals surface area contributed by atoms with Crippen molar-refractivity contribution in [1.82, 2.24) is 4.98 Å². The molecule has 0 N–H and O–H groups in total. The molecule has 13 heavy (non-hydrogen) atoms. The summed E-state index contributed by atoms with van der Waals surface area (Å²) >= 11 is 0.